The largest absolute Gasteiger partial charge is 0.416 e. The van der Waals surface area contributed by atoms with Crippen LogP contribution in [0.15, 0.2) is 24.3 Å². The van der Waals surface area contributed by atoms with Crippen molar-refractivity contribution in [1.29, 1.82) is 0 Å². The van der Waals surface area contributed by atoms with Crippen molar-refractivity contribution in [3.05, 3.63) is 35.4 Å². The minimum absolute atomic E-state index is 0.141. The first kappa shape index (κ1) is 18.6. The first-order valence-electron chi connectivity index (χ1n) is 8.16. The van der Waals surface area contributed by atoms with Crippen LogP contribution in [0.3, 0.4) is 0 Å². The van der Waals surface area contributed by atoms with Crippen molar-refractivity contribution < 1.29 is 18.0 Å². The highest BCUT2D eigenvalue weighted by atomic mass is 19.4. The number of likely N-dealkylation sites (tertiary alicyclic amines) is 1. The Labute approximate surface area is 140 Å². The van der Waals surface area contributed by atoms with E-state index in [2.05, 4.69) is 5.32 Å². The zero-order valence-corrected chi connectivity index (χ0v) is 13.9. The molecular formula is C17H24F3N3O. The molecule has 2 rings (SSSR count). The Morgan fingerprint density at radius 1 is 1.29 bits per heavy atom. The van der Waals surface area contributed by atoms with Crippen LogP contribution in [-0.2, 0) is 6.18 Å². The van der Waals surface area contributed by atoms with Crippen LogP contribution in [0.1, 0.15) is 43.9 Å². The van der Waals surface area contributed by atoms with Crippen LogP contribution < -0.4 is 11.1 Å². The molecule has 1 aromatic carbocycles. The van der Waals surface area contributed by atoms with Gasteiger partial charge in [0, 0.05) is 25.2 Å². The van der Waals surface area contributed by atoms with E-state index >= 15 is 0 Å². The first-order valence-corrected chi connectivity index (χ1v) is 8.16. The van der Waals surface area contributed by atoms with Gasteiger partial charge in [-0.15, -0.1) is 0 Å². The number of halogens is 3. The Kier molecular flexibility index (Phi) is 5.74. The topological polar surface area (TPSA) is 58.4 Å². The van der Waals surface area contributed by atoms with Gasteiger partial charge in [0.2, 0.25) is 0 Å². The predicted octanol–water partition coefficient (Wildman–Crippen LogP) is 3.54. The van der Waals surface area contributed by atoms with E-state index in [0.29, 0.717) is 18.7 Å². The molecule has 0 aromatic heterocycles. The van der Waals surface area contributed by atoms with Crippen molar-refractivity contribution in [1.82, 2.24) is 10.2 Å². The lowest BCUT2D eigenvalue weighted by atomic mass is 9.92. The second-order valence-corrected chi connectivity index (χ2v) is 6.61. The number of piperidine rings is 1. The van der Waals surface area contributed by atoms with Gasteiger partial charge in [0.25, 0.3) is 0 Å². The Bertz CT molecular complexity index is 566. The summed E-state index contributed by atoms with van der Waals surface area (Å²) in [4.78, 5) is 12.8. The summed E-state index contributed by atoms with van der Waals surface area (Å²) >= 11 is 0. The molecule has 24 heavy (non-hydrogen) atoms. The van der Waals surface area contributed by atoms with Crippen molar-refractivity contribution in [2.75, 3.05) is 13.1 Å². The van der Waals surface area contributed by atoms with Crippen LogP contribution >= 0.6 is 0 Å². The minimum Gasteiger partial charge on any atom is -0.351 e. The third kappa shape index (κ3) is 4.63. The van der Waals surface area contributed by atoms with Crippen molar-refractivity contribution in [3.63, 3.8) is 0 Å². The number of alkyl halides is 3. The van der Waals surface area contributed by atoms with Gasteiger partial charge in [0.15, 0.2) is 0 Å². The fraction of sp³-hybridized carbons (Fsp3) is 0.588. The third-order valence-electron chi connectivity index (χ3n) is 4.46. The number of hydrogen-bond donors (Lipinski definition) is 2. The number of carbonyl (C=O) groups is 1. The SMILES string of the molecule is CC(C)C(NC1CCN(C(N)=O)CC1)c1cccc(C(F)(F)F)c1. The minimum atomic E-state index is -4.34. The normalized spacial score (nSPS) is 18.0. The van der Waals surface area contributed by atoms with Gasteiger partial charge in [-0.3, -0.25) is 0 Å². The van der Waals surface area contributed by atoms with Gasteiger partial charge >= 0.3 is 12.2 Å². The maximum atomic E-state index is 12.9. The Balaban J connectivity index is 2.09. The molecule has 2 amide bonds. The molecule has 0 spiro atoms. The number of nitrogens with one attached hydrogen (secondary N) is 1. The van der Waals surface area contributed by atoms with Gasteiger partial charge in [-0.2, -0.15) is 13.2 Å². The average molecular weight is 343 g/mol. The summed E-state index contributed by atoms with van der Waals surface area (Å²) in [5.41, 5.74) is 5.28. The number of nitrogens with two attached hydrogens (primary N) is 1. The number of benzene rings is 1. The summed E-state index contributed by atoms with van der Waals surface area (Å²) in [6, 6.07) is 5.05. The Morgan fingerprint density at radius 2 is 1.92 bits per heavy atom. The maximum absolute atomic E-state index is 12.9. The van der Waals surface area contributed by atoms with Crippen molar-refractivity contribution in [3.8, 4) is 0 Å². The molecule has 0 saturated carbocycles. The van der Waals surface area contributed by atoms with Crippen LogP contribution in [0.25, 0.3) is 0 Å². The lowest BCUT2D eigenvalue weighted by molar-refractivity contribution is -0.137. The molecule has 1 heterocycles. The van der Waals surface area contributed by atoms with Gasteiger partial charge in [-0.05, 0) is 36.5 Å². The summed E-state index contributed by atoms with van der Waals surface area (Å²) in [6.45, 7) is 5.10. The maximum Gasteiger partial charge on any atom is 0.416 e. The van der Waals surface area contributed by atoms with E-state index in [0.717, 1.165) is 18.9 Å². The molecule has 1 aliphatic rings. The quantitative estimate of drug-likeness (QED) is 0.878. The molecule has 1 fully saturated rings. The van der Waals surface area contributed by atoms with Crippen LogP contribution in [0.2, 0.25) is 0 Å². The standard InChI is InChI=1S/C17H24F3N3O/c1-11(2)15(12-4-3-5-13(10-12)17(18,19)20)22-14-6-8-23(9-7-14)16(21)24/h3-5,10-11,14-15,22H,6-9H2,1-2H3,(H2,21,24). The third-order valence-corrected chi connectivity index (χ3v) is 4.46. The summed E-state index contributed by atoms with van der Waals surface area (Å²) in [5.74, 6) is 0.141. The number of carbonyl (C=O) groups excluding carboxylic acids is 1. The molecule has 0 bridgehead atoms. The van der Waals surface area contributed by atoms with E-state index in [1.54, 1.807) is 11.0 Å². The van der Waals surface area contributed by atoms with Crippen LogP contribution in [0.4, 0.5) is 18.0 Å². The van der Waals surface area contributed by atoms with Gasteiger partial charge in [0.05, 0.1) is 5.56 Å². The molecule has 7 heteroatoms. The molecule has 1 saturated heterocycles. The van der Waals surface area contributed by atoms with E-state index in [1.807, 2.05) is 13.8 Å². The highest BCUT2D eigenvalue weighted by Gasteiger charge is 2.32. The second kappa shape index (κ2) is 7.42. The summed E-state index contributed by atoms with van der Waals surface area (Å²) < 4.78 is 38.8. The van der Waals surface area contributed by atoms with Crippen LogP contribution in [0, 0.1) is 5.92 Å². The Morgan fingerprint density at radius 3 is 2.42 bits per heavy atom. The van der Waals surface area contributed by atoms with E-state index < -0.39 is 17.8 Å². The lowest BCUT2D eigenvalue weighted by Gasteiger charge is -2.35. The van der Waals surface area contributed by atoms with Crippen molar-refractivity contribution in [2.45, 2.75) is 44.9 Å². The number of rotatable bonds is 4. The fourth-order valence-corrected chi connectivity index (χ4v) is 3.10. The zero-order chi connectivity index (χ0) is 17.9. The lowest BCUT2D eigenvalue weighted by Crippen LogP contribution is -2.48. The zero-order valence-electron chi connectivity index (χ0n) is 13.9. The molecule has 3 N–H and O–H groups in total. The number of amides is 2. The van der Waals surface area contributed by atoms with E-state index in [9.17, 15) is 18.0 Å². The molecule has 1 unspecified atom stereocenters. The molecule has 1 atom stereocenters. The molecule has 134 valence electrons. The number of nitrogens with zero attached hydrogens (tertiary/aromatic N) is 1. The molecular weight excluding hydrogens is 319 g/mol. The summed E-state index contributed by atoms with van der Waals surface area (Å²) in [7, 11) is 0. The fourth-order valence-electron chi connectivity index (χ4n) is 3.10. The number of hydrogen-bond acceptors (Lipinski definition) is 2. The van der Waals surface area contributed by atoms with E-state index in [1.165, 1.54) is 12.1 Å². The van der Waals surface area contributed by atoms with Gasteiger partial charge in [-0.25, -0.2) is 4.79 Å². The number of primary amides is 1. The smallest absolute Gasteiger partial charge is 0.351 e. The average Bonchev–Trinajstić information content (AvgIpc) is 2.52. The summed E-state index contributed by atoms with van der Waals surface area (Å²) in [6.07, 6.45) is -2.86. The number of urea groups is 1. The molecule has 1 aromatic rings. The highest BCUT2D eigenvalue weighted by molar-refractivity contribution is 5.72. The van der Waals surface area contributed by atoms with Crippen LogP contribution in [0.5, 0.6) is 0 Å². The molecule has 0 radical (unpaired) electrons. The summed E-state index contributed by atoms with van der Waals surface area (Å²) in [5, 5.41) is 3.46. The van der Waals surface area contributed by atoms with Crippen molar-refractivity contribution in [2.24, 2.45) is 11.7 Å². The second-order valence-electron chi connectivity index (χ2n) is 6.61. The van der Waals surface area contributed by atoms with E-state index in [-0.39, 0.29) is 18.0 Å². The van der Waals surface area contributed by atoms with Crippen molar-refractivity contribution >= 4 is 6.03 Å². The molecule has 4 nitrogen and oxygen atoms in total. The Hall–Kier alpha value is -1.76. The van der Waals surface area contributed by atoms with Gasteiger partial charge < -0.3 is 16.0 Å². The first-order chi connectivity index (χ1) is 11.2. The molecule has 1 aliphatic heterocycles. The monoisotopic (exact) mass is 343 g/mol. The molecule has 0 aliphatic carbocycles. The van der Waals surface area contributed by atoms with Crippen LogP contribution in [-0.4, -0.2) is 30.1 Å². The van der Waals surface area contributed by atoms with Gasteiger partial charge in [-0.1, -0.05) is 26.0 Å². The van der Waals surface area contributed by atoms with E-state index in [4.69, 9.17) is 5.73 Å². The predicted molar refractivity (Wildman–Crippen MR) is 86.3 cm³/mol. The highest BCUT2D eigenvalue weighted by Crippen LogP contribution is 2.32. The van der Waals surface area contributed by atoms with Gasteiger partial charge in [0.1, 0.15) is 0 Å².